The Morgan fingerprint density at radius 2 is 1.66 bits per heavy atom. The molecule has 6 nitrogen and oxygen atoms in total. The summed E-state index contributed by atoms with van der Waals surface area (Å²) in [6.45, 7) is 0. The molecular weight excluding hydrogens is 446 g/mol. The molecule has 3 rings (SSSR count). The topological polar surface area (TPSA) is 101 Å². The molecule has 0 aliphatic heterocycles. The first kappa shape index (κ1) is 23.1. The van der Waals surface area contributed by atoms with Crippen LogP contribution in [-0.2, 0) is 9.59 Å². The second-order valence-electron chi connectivity index (χ2n) is 6.67. The molecule has 0 aliphatic carbocycles. The van der Waals surface area contributed by atoms with E-state index in [0.717, 1.165) is 4.90 Å². The van der Waals surface area contributed by atoms with Crippen LogP contribution < -0.4 is 16.4 Å². The van der Waals surface area contributed by atoms with Gasteiger partial charge in [0.1, 0.15) is 5.70 Å². The summed E-state index contributed by atoms with van der Waals surface area (Å²) in [6, 6.07) is 22.5. The van der Waals surface area contributed by atoms with E-state index in [1.165, 1.54) is 11.8 Å². The number of carbonyl (C=O) groups excluding carboxylic acids is 3. The third kappa shape index (κ3) is 7.01. The Morgan fingerprint density at radius 1 is 0.938 bits per heavy atom. The van der Waals surface area contributed by atoms with Crippen molar-refractivity contribution in [2.45, 2.75) is 4.90 Å². The smallest absolute Gasteiger partial charge is 0.272 e. The highest BCUT2D eigenvalue weighted by Crippen LogP contribution is 2.22. The number of rotatable bonds is 8. The van der Waals surface area contributed by atoms with E-state index < -0.39 is 17.7 Å². The number of thioether (sulfide) groups is 1. The minimum absolute atomic E-state index is 0.0661. The number of primary amides is 1. The zero-order valence-electron chi connectivity index (χ0n) is 16.9. The molecule has 0 saturated carbocycles. The zero-order chi connectivity index (χ0) is 22.9. The molecule has 0 heterocycles. The lowest BCUT2D eigenvalue weighted by molar-refractivity contribution is -0.115. The molecule has 3 aromatic carbocycles. The maximum atomic E-state index is 13.0. The standard InChI is InChI=1S/C24H20ClN3O3S/c25-18-11-9-16(10-12-18)13-21(28-23(30)17-5-2-1-3-6-17)24(31)27-19-7-4-8-20(14-19)32-15-22(26)29/h1-14H,15H2,(H2,26,29)(H,27,31)(H,28,30)/b21-13+. The number of halogens is 1. The maximum Gasteiger partial charge on any atom is 0.272 e. The molecular formula is C24H20ClN3O3S. The lowest BCUT2D eigenvalue weighted by Crippen LogP contribution is -2.30. The normalized spacial score (nSPS) is 11.0. The van der Waals surface area contributed by atoms with Gasteiger partial charge in [-0.25, -0.2) is 0 Å². The molecule has 3 aromatic rings. The SMILES string of the molecule is NC(=O)CSc1cccc(NC(=O)/C(=C\c2ccc(Cl)cc2)NC(=O)c2ccccc2)c1. The van der Waals surface area contributed by atoms with Crippen molar-refractivity contribution in [3.8, 4) is 0 Å². The highest BCUT2D eigenvalue weighted by Gasteiger charge is 2.15. The van der Waals surface area contributed by atoms with Crippen LogP contribution in [0, 0.1) is 0 Å². The molecule has 0 bridgehead atoms. The highest BCUT2D eigenvalue weighted by atomic mass is 35.5. The maximum absolute atomic E-state index is 13.0. The molecule has 8 heteroatoms. The van der Waals surface area contributed by atoms with Crippen LogP contribution in [0.15, 0.2) is 89.5 Å². The van der Waals surface area contributed by atoms with E-state index in [-0.39, 0.29) is 11.4 Å². The Labute approximate surface area is 194 Å². The highest BCUT2D eigenvalue weighted by molar-refractivity contribution is 8.00. The van der Waals surface area contributed by atoms with E-state index >= 15 is 0 Å². The summed E-state index contributed by atoms with van der Waals surface area (Å²) < 4.78 is 0. The van der Waals surface area contributed by atoms with Crippen molar-refractivity contribution in [3.63, 3.8) is 0 Å². The molecule has 0 aromatic heterocycles. The van der Waals surface area contributed by atoms with Crippen molar-refractivity contribution >= 4 is 52.8 Å². The first-order chi connectivity index (χ1) is 15.4. The van der Waals surface area contributed by atoms with Gasteiger partial charge in [-0.2, -0.15) is 0 Å². The number of nitrogens with one attached hydrogen (secondary N) is 2. The second-order valence-corrected chi connectivity index (χ2v) is 8.15. The van der Waals surface area contributed by atoms with Gasteiger partial charge in [0.25, 0.3) is 11.8 Å². The van der Waals surface area contributed by atoms with Crippen LogP contribution in [0.2, 0.25) is 5.02 Å². The van der Waals surface area contributed by atoms with Crippen molar-refractivity contribution in [1.29, 1.82) is 0 Å². The predicted octanol–water partition coefficient (Wildman–Crippen LogP) is 4.33. The van der Waals surface area contributed by atoms with Crippen LogP contribution in [0.4, 0.5) is 5.69 Å². The van der Waals surface area contributed by atoms with Gasteiger partial charge in [-0.1, -0.05) is 48.0 Å². The third-order valence-corrected chi connectivity index (χ3v) is 5.45. The molecule has 0 unspecified atom stereocenters. The van der Waals surface area contributed by atoms with Gasteiger partial charge in [0.15, 0.2) is 0 Å². The van der Waals surface area contributed by atoms with E-state index in [1.54, 1.807) is 78.9 Å². The Balaban J connectivity index is 1.83. The first-order valence-corrected chi connectivity index (χ1v) is 10.9. The minimum Gasteiger partial charge on any atom is -0.369 e. The molecule has 3 amide bonds. The van der Waals surface area contributed by atoms with Gasteiger partial charge in [-0.3, -0.25) is 14.4 Å². The number of carbonyl (C=O) groups is 3. The van der Waals surface area contributed by atoms with E-state index in [0.29, 0.717) is 21.8 Å². The van der Waals surface area contributed by atoms with E-state index in [4.69, 9.17) is 17.3 Å². The molecule has 0 atom stereocenters. The summed E-state index contributed by atoms with van der Waals surface area (Å²) in [5.74, 6) is -1.21. The van der Waals surface area contributed by atoms with Crippen LogP contribution >= 0.6 is 23.4 Å². The quantitative estimate of drug-likeness (QED) is 0.340. The van der Waals surface area contributed by atoms with E-state index in [1.807, 2.05) is 6.07 Å². The average molecular weight is 466 g/mol. The molecule has 0 saturated heterocycles. The summed E-state index contributed by atoms with van der Waals surface area (Å²) in [7, 11) is 0. The summed E-state index contributed by atoms with van der Waals surface area (Å²) in [5.41, 5.74) is 6.89. The van der Waals surface area contributed by atoms with Gasteiger partial charge in [0, 0.05) is 21.2 Å². The molecule has 0 radical (unpaired) electrons. The Morgan fingerprint density at radius 3 is 2.34 bits per heavy atom. The van der Waals surface area contributed by atoms with Crippen LogP contribution in [0.3, 0.4) is 0 Å². The van der Waals surface area contributed by atoms with Crippen LogP contribution in [-0.4, -0.2) is 23.5 Å². The minimum atomic E-state index is -0.499. The number of nitrogens with two attached hydrogens (primary N) is 1. The van der Waals surface area contributed by atoms with E-state index in [9.17, 15) is 14.4 Å². The van der Waals surface area contributed by atoms with Gasteiger partial charge < -0.3 is 16.4 Å². The number of hydrogen-bond donors (Lipinski definition) is 3. The molecule has 0 aliphatic rings. The summed E-state index contributed by atoms with van der Waals surface area (Å²) >= 11 is 7.21. The van der Waals surface area contributed by atoms with Crippen LogP contribution in [0.5, 0.6) is 0 Å². The molecule has 0 spiro atoms. The number of hydrogen-bond acceptors (Lipinski definition) is 4. The van der Waals surface area contributed by atoms with Crippen molar-refractivity contribution in [2.24, 2.45) is 5.73 Å². The van der Waals surface area contributed by atoms with Crippen LogP contribution in [0.1, 0.15) is 15.9 Å². The van der Waals surface area contributed by atoms with Crippen molar-refractivity contribution in [3.05, 3.63) is 101 Å². The number of amides is 3. The van der Waals surface area contributed by atoms with Gasteiger partial charge >= 0.3 is 0 Å². The Hall–Kier alpha value is -3.55. The third-order valence-electron chi connectivity index (χ3n) is 4.18. The van der Waals surface area contributed by atoms with Crippen molar-refractivity contribution in [1.82, 2.24) is 5.32 Å². The van der Waals surface area contributed by atoms with Gasteiger partial charge in [0.2, 0.25) is 5.91 Å². The van der Waals surface area contributed by atoms with Gasteiger partial charge in [-0.05, 0) is 54.1 Å². The Kier molecular flexibility index (Phi) is 8.08. The Bertz CT molecular complexity index is 1150. The summed E-state index contributed by atoms with van der Waals surface area (Å²) in [4.78, 5) is 37.5. The zero-order valence-corrected chi connectivity index (χ0v) is 18.5. The van der Waals surface area contributed by atoms with Gasteiger partial charge in [-0.15, -0.1) is 11.8 Å². The van der Waals surface area contributed by atoms with Gasteiger partial charge in [0.05, 0.1) is 5.75 Å². The first-order valence-electron chi connectivity index (χ1n) is 9.57. The fraction of sp³-hybridized carbons (Fsp3) is 0.0417. The molecule has 4 N–H and O–H groups in total. The fourth-order valence-corrected chi connectivity index (χ4v) is 3.50. The van der Waals surface area contributed by atoms with Crippen molar-refractivity contribution < 1.29 is 14.4 Å². The molecule has 32 heavy (non-hydrogen) atoms. The average Bonchev–Trinajstić information content (AvgIpc) is 2.79. The van der Waals surface area contributed by atoms with Crippen molar-refractivity contribution in [2.75, 3.05) is 11.1 Å². The lowest BCUT2D eigenvalue weighted by atomic mass is 10.1. The fourth-order valence-electron chi connectivity index (χ4n) is 2.68. The van der Waals surface area contributed by atoms with Crippen LogP contribution in [0.25, 0.3) is 6.08 Å². The second kappa shape index (κ2) is 11.2. The molecule has 0 fully saturated rings. The monoisotopic (exact) mass is 465 g/mol. The number of benzene rings is 3. The summed E-state index contributed by atoms with van der Waals surface area (Å²) in [5, 5.41) is 6.02. The number of anilines is 1. The summed E-state index contributed by atoms with van der Waals surface area (Å²) in [6.07, 6.45) is 1.57. The lowest BCUT2D eigenvalue weighted by Gasteiger charge is -2.12. The predicted molar refractivity (Wildman–Crippen MR) is 128 cm³/mol. The molecule has 162 valence electrons. The van der Waals surface area contributed by atoms with E-state index in [2.05, 4.69) is 10.6 Å². The largest absolute Gasteiger partial charge is 0.369 e.